The minimum atomic E-state index is 1.23. The van der Waals surface area contributed by atoms with Crippen LogP contribution in [0, 0.1) is 0 Å². The van der Waals surface area contributed by atoms with Gasteiger partial charge < -0.3 is 0 Å². The summed E-state index contributed by atoms with van der Waals surface area (Å²) < 4.78 is 0. The molecule has 0 saturated carbocycles. The van der Waals surface area contributed by atoms with Crippen LogP contribution in [0.2, 0.25) is 0 Å². The second-order valence-corrected chi connectivity index (χ2v) is 10.9. The molecule has 0 fully saturated rings. The molecule has 0 saturated heterocycles. The Labute approximate surface area is 246 Å². The first kappa shape index (κ1) is 24.3. The summed E-state index contributed by atoms with van der Waals surface area (Å²) >= 11 is 0. The molecule has 42 heavy (non-hydrogen) atoms. The molecule has 0 bridgehead atoms. The van der Waals surface area contributed by atoms with Gasteiger partial charge >= 0.3 is 0 Å². The van der Waals surface area contributed by atoms with E-state index in [2.05, 4.69) is 170 Å². The van der Waals surface area contributed by atoms with Crippen molar-refractivity contribution in [2.24, 2.45) is 0 Å². The molecule has 0 spiro atoms. The lowest BCUT2D eigenvalue weighted by Gasteiger charge is -2.17. The normalized spacial score (nSPS) is 11.3. The minimum Gasteiger partial charge on any atom is -0.0622 e. The maximum absolute atomic E-state index is 2.35. The number of hydrogen-bond acceptors (Lipinski definition) is 0. The van der Waals surface area contributed by atoms with Gasteiger partial charge in [-0.15, -0.1) is 0 Å². The molecule has 0 aliphatic rings. The quantitative estimate of drug-likeness (QED) is 0.198. The zero-order valence-corrected chi connectivity index (χ0v) is 23.2. The number of benzene rings is 8. The van der Waals surface area contributed by atoms with E-state index in [4.69, 9.17) is 0 Å². The third-order valence-corrected chi connectivity index (χ3v) is 8.46. The summed E-state index contributed by atoms with van der Waals surface area (Å²) in [5.74, 6) is 0. The molecule has 8 rings (SSSR count). The molecule has 8 aromatic carbocycles. The molecule has 0 aromatic heterocycles. The van der Waals surface area contributed by atoms with Crippen LogP contribution in [0.5, 0.6) is 0 Å². The average molecular weight is 533 g/mol. The predicted octanol–water partition coefficient (Wildman–Crippen LogP) is 11.8. The number of hydrogen-bond donors (Lipinski definition) is 0. The minimum absolute atomic E-state index is 1.23. The summed E-state index contributed by atoms with van der Waals surface area (Å²) in [6.07, 6.45) is 0. The largest absolute Gasteiger partial charge is 0.0622 e. The van der Waals surface area contributed by atoms with Crippen LogP contribution in [0.3, 0.4) is 0 Å². The average Bonchev–Trinajstić information content (AvgIpc) is 3.08. The molecule has 196 valence electrons. The van der Waals surface area contributed by atoms with Crippen molar-refractivity contribution in [2.45, 2.75) is 0 Å². The van der Waals surface area contributed by atoms with E-state index < -0.39 is 0 Å². The Morgan fingerprint density at radius 1 is 0.238 bits per heavy atom. The van der Waals surface area contributed by atoms with E-state index in [1.165, 1.54) is 76.8 Å². The number of rotatable bonds is 4. The van der Waals surface area contributed by atoms with Gasteiger partial charge in [0.1, 0.15) is 0 Å². The number of fused-ring (bicyclic) bond motifs is 4. The standard InChI is InChI=1S/C42H28/c1-4-11-29(12-5-1)32-21-23-36-33(27-32)19-20-34-28-35(22-24-37(34)36)38-25-26-40(31-15-8-3-9-16-31)42-39(17-10-18-41(38)42)30-13-6-2-7-14-30/h1-28H. The van der Waals surface area contributed by atoms with Crippen molar-refractivity contribution in [2.75, 3.05) is 0 Å². The van der Waals surface area contributed by atoms with Gasteiger partial charge in [-0.3, -0.25) is 0 Å². The second kappa shape index (κ2) is 10.2. The highest BCUT2D eigenvalue weighted by Crippen LogP contribution is 2.42. The van der Waals surface area contributed by atoms with Crippen LogP contribution in [-0.2, 0) is 0 Å². The van der Waals surface area contributed by atoms with E-state index >= 15 is 0 Å². The van der Waals surface area contributed by atoms with Gasteiger partial charge in [0.05, 0.1) is 0 Å². The molecule has 0 unspecified atom stereocenters. The van der Waals surface area contributed by atoms with Crippen molar-refractivity contribution in [1.82, 2.24) is 0 Å². The van der Waals surface area contributed by atoms with Crippen molar-refractivity contribution in [3.8, 4) is 44.5 Å². The van der Waals surface area contributed by atoms with Crippen LogP contribution in [-0.4, -0.2) is 0 Å². The Hall–Kier alpha value is -5.46. The van der Waals surface area contributed by atoms with Crippen LogP contribution in [0.1, 0.15) is 0 Å². The van der Waals surface area contributed by atoms with E-state index in [0.717, 1.165) is 0 Å². The van der Waals surface area contributed by atoms with Crippen LogP contribution in [0.15, 0.2) is 170 Å². The van der Waals surface area contributed by atoms with Gasteiger partial charge in [-0.05, 0) is 89.0 Å². The SMILES string of the molecule is c1ccc(-c2ccc3c(ccc4cc(-c5ccc(-c6ccccc6)c6c(-c7ccccc7)cccc56)ccc43)c2)cc1. The summed E-state index contributed by atoms with van der Waals surface area (Å²) in [6.45, 7) is 0. The van der Waals surface area contributed by atoms with Gasteiger partial charge in [-0.25, -0.2) is 0 Å². The van der Waals surface area contributed by atoms with Gasteiger partial charge in [0, 0.05) is 0 Å². The van der Waals surface area contributed by atoms with E-state index in [0.29, 0.717) is 0 Å². The van der Waals surface area contributed by atoms with Gasteiger partial charge in [-0.2, -0.15) is 0 Å². The fourth-order valence-corrected chi connectivity index (χ4v) is 6.42. The molecule has 8 aromatic rings. The summed E-state index contributed by atoms with van der Waals surface area (Å²) in [7, 11) is 0. The first-order chi connectivity index (χ1) is 20.8. The Kier molecular flexibility index (Phi) is 5.90. The third kappa shape index (κ3) is 4.17. The van der Waals surface area contributed by atoms with E-state index in [1.54, 1.807) is 0 Å². The van der Waals surface area contributed by atoms with Crippen molar-refractivity contribution >= 4 is 32.3 Å². The highest BCUT2D eigenvalue weighted by atomic mass is 14.2. The molecule has 0 amide bonds. The molecule has 0 aliphatic carbocycles. The monoisotopic (exact) mass is 532 g/mol. The van der Waals surface area contributed by atoms with Crippen molar-refractivity contribution in [3.05, 3.63) is 170 Å². The summed E-state index contributed by atoms with van der Waals surface area (Å²) in [5.41, 5.74) is 9.97. The predicted molar refractivity (Wildman–Crippen MR) is 181 cm³/mol. The first-order valence-corrected chi connectivity index (χ1v) is 14.5. The fourth-order valence-electron chi connectivity index (χ4n) is 6.42. The van der Waals surface area contributed by atoms with Gasteiger partial charge in [0.15, 0.2) is 0 Å². The van der Waals surface area contributed by atoms with Gasteiger partial charge in [0.25, 0.3) is 0 Å². The molecular formula is C42H28. The Balaban J connectivity index is 1.31. The van der Waals surface area contributed by atoms with Crippen LogP contribution in [0.25, 0.3) is 76.8 Å². The van der Waals surface area contributed by atoms with Gasteiger partial charge in [0.2, 0.25) is 0 Å². The lowest BCUT2D eigenvalue weighted by atomic mass is 9.87. The van der Waals surface area contributed by atoms with Crippen molar-refractivity contribution < 1.29 is 0 Å². The molecule has 0 heterocycles. The van der Waals surface area contributed by atoms with E-state index in [9.17, 15) is 0 Å². The highest BCUT2D eigenvalue weighted by molar-refractivity contribution is 6.14. The second-order valence-electron chi connectivity index (χ2n) is 10.9. The molecule has 0 N–H and O–H groups in total. The maximum Gasteiger partial charge on any atom is -0.00206 e. The topological polar surface area (TPSA) is 0 Å². The van der Waals surface area contributed by atoms with Crippen LogP contribution in [0.4, 0.5) is 0 Å². The molecule has 0 aliphatic heterocycles. The van der Waals surface area contributed by atoms with E-state index in [1.807, 2.05) is 0 Å². The van der Waals surface area contributed by atoms with Crippen molar-refractivity contribution in [3.63, 3.8) is 0 Å². The smallest absolute Gasteiger partial charge is 0.00206 e. The molecule has 0 nitrogen and oxygen atoms in total. The van der Waals surface area contributed by atoms with Gasteiger partial charge in [-0.1, -0.05) is 158 Å². The fraction of sp³-hybridized carbons (Fsp3) is 0. The molecule has 0 radical (unpaired) electrons. The highest BCUT2D eigenvalue weighted by Gasteiger charge is 2.15. The summed E-state index contributed by atoms with van der Waals surface area (Å²) in [6, 6.07) is 61.7. The Bertz CT molecular complexity index is 2160. The zero-order valence-electron chi connectivity index (χ0n) is 23.2. The third-order valence-electron chi connectivity index (χ3n) is 8.46. The van der Waals surface area contributed by atoms with Crippen LogP contribution < -0.4 is 0 Å². The maximum atomic E-state index is 2.35. The van der Waals surface area contributed by atoms with Crippen LogP contribution >= 0.6 is 0 Å². The summed E-state index contributed by atoms with van der Waals surface area (Å²) in [4.78, 5) is 0. The molecular weight excluding hydrogens is 504 g/mol. The van der Waals surface area contributed by atoms with Crippen molar-refractivity contribution in [1.29, 1.82) is 0 Å². The molecule has 0 heteroatoms. The van der Waals surface area contributed by atoms with E-state index in [-0.39, 0.29) is 0 Å². The zero-order chi connectivity index (χ0) is 27.9. The summed E-state index contributed by atoms with van der Waals surface area (Å²) in [5, 5.41) is 7.65. The Morgan fingerprint density at radius 2 is 0.738 bits per heavy atom. The lowest BCUT2D eigenvalue weighted by Crippen LogP contribution is -1.90. The first-order valence-electron chi connectivity index (χ1n) is 14.5. The lowest BCUT2D eigenvalue weighted by molar-refractivity contribution is 1.61. The molecule has 0 atom stereocenters. The Morgan fingerprint density at radius 3 is 1.36 bits per heavy atom.